The van der Waals surface area contributed by atoms with E-state index in [2.05, 4.69) is 12.2 Å². The molecule has 2 N–H and O–H groups in total. The van der Waals surface area contributed by atoms with Gasteiger partial charge in [-0.05, 0) is 30.5 Å². The third kappa shape index (κ3) is 3.55. The van der Waals surface area contributed by atoms with Crippen molar-refractivity contribution in [3.63, 3.8) is 0 Å². The van der Waals surface area contributed by atoms with Crippen molar-refractivity contribution in [2.24, 2.45) is 0 Å². The molecule has 1 aromatic rings. The molecule has 98 valence electrons. The maximum absolute atomic E-state index is 11.8. The fourth-order valence-electron chi connectivity index (χ4n) is 2.18. The van der Waals surface area contributed by atoms with Gasteiger partial charge >= 0.3 is 0 Å². The molecule has 0 aliphatic carbocycles. The van der Waals surface area contributed by atoms with E-state index < -0.39 is 0 Å². The quantitative estimate of drug-likeness (QED) is 0.843. The summed E-state index contributed by atoms with van der Waals surface area (Å²) < 4.78 is 0. The molecule has 0 radical (unpaired) electrons. The highest BCUT2D eigenvalue weighted by Crippen LogP contribution is 2.11. The number of rotatable bonds is 4. The summed E-state index contributed by atoms with van der Waals surface area (Å²) in [5.41, 5.74) is 2.09. The number of aliphatic hydroxyl groups excluding tert-OH is 1. The Morgan fingerprint density at radius 1 is 1.44 bits per heavy atom. The van der Waals surface area contributed by atoms with E-state index >= 15 is 0 Å². The van der Waals surface area contributed by atoms with Crippen LogP contribution >= 0.6 is 0 Å². The van der Waals surface area contributed by atoms with E-state index in [9.17, 15) is 9.90 Å². The maximum Gasteiger partial charge on any atom is 0.238 e. The molecule has 0 bridgehead atoms. The van der Waals surface area contributed by atoms with E-state index in [0.29, 0.717) is 13.1 Å². The zero-order chi connectivity index (χ0) is 13.0. The lowest BCUT2D eigenvalue weighted by atomic mass is 10.1. The Labute approximate surface area is 108 Å². The number of nitrogens with one attached hydrogen (secondary N) is 1. The molecule has 1 aliphatic heterocycles. The molecule has 1 saturated heterocycles. The van der Waals surface area contributed by atoms with Crippen LogP contribution in [0, 0.1) is 0 Å². The van der Waals surface area contributed by atoms with Crippen LogP contribution in [0.3, 0.4) is 0 Å². The van der Waals surface area contributed by atoms with Gasteiger partial charge in [-0.1, -0.05) is 19.1 Å². The van der Waals surface area contributed by atoms with Crippen LogP contribution < -0.4 is 5.32 Å². The van der Waals surface area contributed by atoms with Crippen molar-refractivity contribution in [1.29, 1.82) is 0 Å². The topological polar surface area (TPSA) is 52.6 Å². The molecule has 0 aromatic heterocycles. The number of hydrogen-bond donors (Lipinski definition) is 2. The average molecular weight is 248 g/mol. The number of likely N-dealkylation sites (tertiary alicyclic amines) is 1. The normalized spacial score (nSPS) is 20.0. The van der Waals surface area contributed by atoms with Gasteiger partial charge in [-0.15, -0.1) is 0 Å². The van der Waals surface area contributed by atoms with Crippen LogP contribution in [0.1, 0.15) is 18.9 Å². The lowest BCUT2D eigenvalue weighted by molar-refractivity contribution is -0.117. The Balaban J connectivity index is 1.83. The minimum absolute atomic E-state index is 0.0200. The molecule has 1 fully saturated rings. The van der Waals surface area contributed by atoms with Crippen molar-refractivity contribution < 1.29 is 9.90 Å². The van der Waals surface area contributed by atoms with Crippen LogP contribution in [-0.2, 0) is 11.2 Å². The standard InChI is InChI=1S/C14H20N2O2/c1-2-11-3-5-12(6-4-11)15-14(18)10-16-8-7-13(17)9-16/h3-6,13,17H,2,7-10H2,1H3,(H,15,18)/t13-/m1/s1. The molecule has 18 heavy (non-hydrogen) atoms. The minimum atomic E-state index is -0.276. The molecule has 1 heterocycles. The SMILES string of the molecule is CCc1ccc(NC(=O)CN2CC[C@@H](O)C2)cc1. The number of β-amino-alcohol motifs (C(OH)–C–C–N with tert-alkyl or cyclic N) is 1. The van der Waals surface area contributed by atoms with Gasteiger partial charge in [0.15, 0.2) is 0 Å². The number of nitrogens with zero attached hydrogens (tertiary/aromatic N) is 1. The van der Waals surface area contributed by atoms with E-state index in [0.717, 1.165) is 25.1 Å². The fourth-order valence-corrected chi connectivity index (χ4v) is 2.18. The molecule has 0 unspecified atom stereocenters. The second kappa shape index (κ2) is 5.98. The summed E-state index contributed by atoms with van der Waals surface area (Å²) in [6, 6.07) is 7.90. The molecule has 1 aliphatic rings. The maximum atomic E-state index is 11.8. The van der Waals surface area contributed by atoms with Crippen LogP contribution in [0.25, 0.3) is 0 Å². The predicted octanol–water partition coefficient (Wildman–Crippen LogP) is 1.25. The summed E-state index contributed by atoms with van der Waals surface area (Å²) >= 11 is 0. The first-order valence-electron chi connectivity index (χ1n) is 6.46. The summed E-state index contributed by atoms with van der Waals surface area (Å²) in [7, 11) is 0. The largest absolute Gasteiger partial charge is 0.392 e. The number of benzene rings is 1. The fraction of sp³-hybridized carbons (Fsp3) is 0.500. The molecule has 1 amide bonds. The molecule has 4 heteroatoms. The summed E-state index contributed by atoms with van der Waals surface area (Å²) in [5, 5.41) is 12.3. The smallest absolute Gasteiger partial charge is 0.238 e. The van der Waals surface area contributed by atoms with E-state index in [1.54, 1.807) is 0 Å². The first-order chi connectivity index (χ1) is 8.67. The number of carbonyl (C=O) groups is 1. The highest BCUT2D eigenvalue weighted by molar-refractivity contribution is 5.92. The van der Waals surface area contributed by atoms with Gasteiger partial charge in [0.25, 0.3) is 0 Å². The number of anilines is 1. The first kappa shape index (κ1) is 13.1. The highest BCUT2D eigenvalue weighted by Gasteiger charge is 2.21. The van der Waals surface area contributed by atoms with Gasteiger partial charge in [-0.3, -0.25) is 9.69 Å². The van der Waals surface area contributed by atoms with Gasteiger partial charge in [0.2, 0.25) is 5.91 Å². The van der Waals surface area contributed by atoms with E-state index in [4.69, 9.17) is 0 Å². The van der Waals surface area contributed by atoms with Crippen LogP contribution in [0.4, 0.5) is 5.69 Å². The highest BCUT2D eigenvalue weighted by atomic mass is 16.3. The lowest BCUT2D eigenvalue weighted by Gasteiger charge is -2.14. The van der Waals surface area contributed by atoms with Gasteiger partial charge < -0.3 is 10.4 Å². The average Bonchev–Trinajstić information content (AvgIpc) is 2.75. The number of carbonyl (C=O) groups excluding carboxylic acids is 1. The summed E-state index contributed by atoms with van der Waals surface area (Å²) in [5.74, 6) is -0.0200. The van der Waals surface area contributed by atoms with Crippen molar-refractivity contribution in [2.75, 3.05) is 25.0 Å². The van der Waals surface area contributed by atoms with E-state index in [1.807, 2.05) is 29.2 Å². The summed E-state index contributed by atoms with van der Waals surface area (Å²) in [6.45, 7) is 3.85. The summed E-state index contributed by atoms with van der Waals surface area (Å²) in [6.07, 6.45) is 1.49. The second-order valence-corrected chi connectivity index (χ2v) is 4.78. The van der Waals surface area contributed by atoms with Gasteiger partial charge in [0, 0.05) is 18.8 Å². The van der Waals surface area contributed by atoms with Crippen molar-refractivity contribution in [3.8, 4) is 0 Å². The monoisotopic (exact) mass is 248 g/mol. The van der Waals surface area contributed by atoms with Crippen LogP contribution in [0.15, 0.2) is 24.3 Å². The van der Waals surface area contributed by atoms with Crippen LogP contribution in [0.2, 0.25) is 0 Å². The number of hydrogen-bond acceptors (Lipinski definition) is 3. The predicted molar refractivity (Wildman–Crippen MR) is 71.5 cm³/mol. The first-order valence-corrected chi connectivity index (χ1v) is 6.46. The van der Waals surface area contributed by atoms with Gasteiger partial charge in [-0.25, -0.2) is 0 Å². The zero-order valence-corrected chi connectivity index (χ0v) is 10.7. The Morgan fingerprint density at radius 3 is 2.72 bits per heavy atom. The van der Waals surface area contributed by atoms with Crippen LogP contribution in [-0.4, -0.2) is 41.7 Å². The molecule has 1 aromatic carbocycles. The van der Waals surface area contributed by atoms with Gasteiger partial charge in [-0.2, -0.15) is 0 Å². The molecular formula is C14H20N2O2. The number of aryl methyl sites for hydroxylation is 1. The van der Waals surface area contributed by atoms with Crippen molar-refractivity contribution >= 4 is 11.6 Å². The molecule has 0 spiro atoms. The zero-order valence-electron chi connectivity index (χ0n) is 10.7. The Kier molecular flexibility index (Phi) is 4.33. The molecule has 2 rings (SSSR count). The Hall–Kier alpha value is -1.39. The number of aliphatic hydroxyl groups is 1. The Bertz CT molecular complexity index is 403. The molecule has 0 saturated carbocycles. The molecular weight excluding hydrogens is 228 g/mol. The van der Waals surface area contributed by atoms with Crippen molar-refractivity contribution in [1.82, 2.24) is 4.90 Å². The van der Waals surface area contributed by atoms with E-state index in [1.165, 1.54) is 5.56 Å². The van der Waals surface area contributed by atoms with Gasteiger partial charge in [0.1, 0.15) is 0 Å². The lowest BCUT2D eigenvalue weighted by Crippen LogP contribution is -2.32. The van der Waals surface area contributed by atoms with Crippen molar-refractivity contribution in [3.05, 3.63) is 29.8 Å². The minimum Gasteiger partial charge on any atom is -0.392 e. The van der Waals surface area contributed by atoms with Crippen molar-refractivity contribution in [2.45, 2.75) is 25.9 Å². The van der Waals surface area contributed by atoms with E-state index in [-0.39, 0.29) is 12.0 Å². The van der Waals surface area contributed by atoms with Gasteiger partial charge in [0.05, 0.1) is 12.6 Å². The third-order valence-electron chi connectivity index (χ3n) is 3.26. The number of amides is 1. The third-order valence-corrected chi connectivity index (χ3v) is 3.26. The Morgan fingerprint density at radius 2 is 2.17 bits per heavy atom. The molecule has 1 atom stereocenters. The van der Waals surface area contributed by atoms with Crippen LogP contribution in [0.5, 0.6) is 0 Å². The molecule has 4 nitrogen and oxygen atoms in total. The second-order valence-electron chi connectivity index (χ2n) is 4.78. The summed E-state index contributed by atoms with van der Waals surface area (Å²) in [4.78, 5) is 13.8.